The third-order valence-electron chi connectivity index (χ3n) is 8.84. The van der Waals surface area contributed by atoms with Crippen molar-refractivity contribution in [1.82, 2.24) is 19.9 Å². The molecule has 9 rings (SSSR count). The van der Waals surface area contributed by atoms with E-state index in [9.17, 15) is 0 Å². The van der Waals surface area contributed by atoms with Crippen molar-refractivity contribution < 1.29 is 18.3 Å². The Bertz CT molecular complexity index is 2260. The number of aryl methyl sites for hydroxylation is 2. The molecule has 0 saturated carbocycles. The van der Waals surface area contributed by atoms with Gasteiger partial charge in [0.1, 0.15) is 33.8 Å². The van der Waals surface area contributed by atoms with Crippen LogP contribution in [0.1, 0.15) is 34.2 Å². The number of aromatic amines is 2. The standard InChI is InChI=1S/C40H32N8/c1-5-21-45(22-6-1)37-29-13-15-31(41-29)38(46-23-7-2-8-24-46)33-17-19-35(43-33)40(48-27-11-4-12-28-48)36-20-18-34(44-36)39(32-16-14-30(37)42-32)47-25-9-3-10-26-47/h1-17,19,21-28,41,44H,18,20H2/q+4. The average molecular weight is 625 g/mol. The first-order chi connectivity index (χ1) is 23.8. The molecule has 48 heavy (non-hydrogen) atoms. The number of hydrogen-bond acceptors (Lipinski definition) is 2. The Hall–Kier alpha value is -6.54. The van der Waals surface area contributed by atoms with E-state index in [1.807, 2.05) is 48.5 Å². The van der Waals surface area contributed by atoms with Gasteiger partial charge in [-0.15, -0.1) is 0 Å². The molecule has 0 unspecified atom stereocenters. The second-order valence-electron chi connectivity index (χ2n) is 11.8. The zero-order chi connectivity index (χ0) is 31.9. The zero-order valence-corrected chi connectivity index (χ0v) is 26.1. The van der Waals surface area contributed by atoms with Gasteiger partial charge in [0.05, 0.1) is 11.4 Å². The molecule has 0 fully saturated rings. The molecule has 0 aromatic carbocycles. The summed E-state index contributed by atoms with van der Waals surface area (Å²) in [5.74, 6) is 0. The van der Waals surface area contributed by atoms with Crippen LogP contribution in [0.4, 0.5) is 0 Å². The van der Waals surface area contributed by atoms with Gasteiger partial charge in [0.2, 0.25) is 0 Å². The predicted molar refractivity (Wildman–Crippen MR) is 184 cm³/mol. The summed E-state index contributed by atoms with van der Waals surface area (Å²) < 4.78 is 8.57. The van der Waals surface area contributed by atoms with Crippen LogP contribution in [0.2, 0.25) is 0 Å². The number of aromatic nitrogens is 8. The molecule has 8 nitrogen and oxygen atoms in total. The van der Waals surface area contributed by atoms with Gasteiger partial charge >= 0.3 is 0 Å². The lowest BCUT2D eigenvalue weighted by Crippen LogP contribution is -2.32. The maximum Gasteiger partial charge on any atom is 0.260 e. The lowest BCUT2D eigenvalue weighted by atomic mass is 10.1. The number of hydrogen-bond donors (Lipinski definition) is 2. The van der Waals surface area contributed by atoms with Gasteiger partial charge in [-0.1, -0.05) is 24.3 Å². The van der Waals surface area contributed by atoms with Crippen molar-refractivity contribution in [3.63, 3.8) is 0 Å². The van der Waals surface area contributed by atoms with E-state index < -0.39 is 0 Å². The topological polar surface area (TPSA) is 72.9 Å². The van der Waals surface area contributed by atoms with Crippen LogP contribution >= 0.6 is 0 Å². The molecule has 0 amide bonds. The van der Waals surface area contributed by atoms with Crippen LogP contribution < -0.4 is 18.3 Å². The monoisotopic (exact) mass is 624 g/mol. The quantitative estimate of drug-likeness (QED) is 0.262. The van der Waals surface area contributed by atoms with Crippen LogP contribution in [0.25, 0.3) is 58.1 Å². The third kappa shape index (κ3) is 4.87. The highest BCUT2D eigenvalue weighted by Gasteiger charge is 2.29. The van der Waals surface area contributed by atoms with Crippen molar-refractivity contribution in [3.8, 4) is 22.7 Å². The molecule has 0 spiro atoms. The Balaban J connectivity index is 1.47. The summed E-state index contributed by atoms with van der Waals surface area (Å²) in [6.45, 7) is 0. The summed E-state index contributed by atoms with van der Waals surface area (Å²) in [7, 11) is 0. The summed E-state index contributed by atoms with van der Waals surface area (Å²) in [5, 5.41) is 0. The molecule has 8 bridgehead atoms. The largest absolute Gasteiger partial charge is 0.351 e. The van der Waals surface area contributed by atoms with Gasteiger partial charge < -0.3 is 9.97 Å². The van der Waals surface area contributed by atoms with Crippen molar-refractivity contribution in [2.45, 2.75) is 12.8 Å². The van der Waals surface area contributed by atoms with Crippen LogP contribution in [0.3, 0.4) is 0 Å². The van der Waals surface area contributed by atoms with Crippen molar-refractivity contribution in [3.05, 3.63) is 169 Å². The number of nitrogens with zero attached hydrogens (tertiary/aromatic N) is 6. The second-order valence-corrected chi connectivity index (χ2v) is 11.8. The number of nitrogens with one attached hydrogen (secondary N) is 2. The molecule has 228 valence electrons. The van der Waals surface area contributed by atoms with Crippen LogP contribution in [0.5, 0.6) is 0 Å². The zero-order valence-electron chi connectivity index (χ0n) is 26.1. The van der Waals surface area contributed by atoms with Crippen molar-refractivity contribution in [2.24, 2.45) is 0 Å². The van der Waals surface area contributed by atoms with E-state index in [-0.39, 0.29) is 0 Å². The predicted octanol–water partition coefficient (Wildman–Crippen LogP) is 5.27. The highest BCUT2D eigenvalue weighted by atomic mass is 15.0. The molecule has 8 heteroatoms. The molecule has 0 atom stereocenters. The number of pyridine rings is 4. The summed E-state index contributed by atoms with van der Waals surface area (Å²) >= 11 is 0. The molecule has 3 aliphatic heterocycles. The normalized spacial score (nSPS) is 12.7. The average Bonchev–Trinajstić information content (AvgIpc) is 3.98. The minimum absolute atomic E-state index is 0.833. The lowest BCUT2D eigenvalue weighted by Gasteiger charge is -2.01. The van der Waals surface area contributed by atoms with Crippen molar-refractivity contribution >= 4 is 35.3 Å². The molecule has 9 heterocycles. The van der Waals surface area contributed by atoms with E-state index >= 15 is 0 Å². The van der Waals surface area contributed by atoms with E-state index in [1.165, 1.54) is 0 Å². The first-order valence-electron chi connectivity index (χ1n) is 16.1. The second kappa shape index (κ2) is 11.7. The highest BCUT2D eigenvalue weighted by Crippen LogP contribution is 2.28. The summed E-state index contributed by atoms with van der Waals surface area (Å²) in [5.41, 5.74) is 11.6. The molecule has 0 aliphatic carbocycles. The Morgan fingerprint density at radius 1 is 0.375 bits per heavy atom. The van der Waals surface area contributed by atoms with E-state index in [1.54, 1.807) is 0 Å². The molecular weight excluding hydrogens is 592 g/mol. The smallest absolute Gasteiger partial charge is 0.260 e. The molecule has 2 N–H and O–H groups in total. The molecule has 0 radical (unpaired) electrons. The van der Waals surface area contributed by atoms with Crippen molar-refractivity contribution in [1.29, 1.82) is 0 Å². The van der Waals surface area contributed by atoms with Gasteiger partial charge in [-0.05, 0) is 49.3 Å². The van der Waals surface area contributed by atoms with Crippen LogP contribution in [0.15, 0.2) is 135 Å². The summed E-state index contributed by atoms with van der Waals surface area (Å²) in [4.78, 5) is 18.3. The van der Waals surface area contributed by atoms with Gasteiger partial charge in [-0.2, -0.15) is 18.3 Å². The minimum Gasteiger partial charge on any atom is -0.351 e. The van der Waals surface area contributed by atoms with Gasteiger partial charge in [-0.3, -0.25) is 0 Å². The number of H-pyrrole nitrogens is 2. The fourth-order valence-electron chi connectivity index (χ4n) is 6.73. The molecule has 0 saturated heterocycles. The summed E-state index contributed by atoms with van der Waals surface area (Å²) in [6.07, 6.45) is 26.8. The van der Waals surface area contributed by atoms with E-state index in [4.69, 9.17) is 9.97 Å². The Morgan fingerprint density at radius 3 is 1.04 bits per heavy atom. The maximum atomic E-state index is 5.33. The van der Waals surface area contributed by atoms with Crippen LogP contribution in [0, 0.1) is 0 Å². The summed E-state index contributed by atoms with van der Waals surface area (Å²) in [6, 6.07) is 28.8. The SMILES string of the molecule is C1=Cc2nc1c(-[n+]1ccccc1)c1[nH]c(c(-[n+]3ccccc3)c3nc(c(-[n+]4ccccc4)c4ccc([nH]4)c2-[n+]2ccccc2)C=C3)CC1. The van der Waals surface area contributed by atoms with Crippen LogP contribution in [-0.4, -0.2) is 19.9 Å². The first kappa shape index (κ1) is 27.7. The van der Waals surface area contributed by atoms with E-state index in [0.717, 1.165) is 80.8 Å². The fraction of sp³-hybridized carbons (Fsp3) is 0.0500. The van der Waals surface area contributed by atoms with Crippen molar-refractivity contribution in [2.75, 3.05) is 0 Å². The van der Waals surface area contributed by atoms with Crippen LogP contribution in [-0.2, 0) is 12.8 Å². The lowest BCUT2D eigenvalue weighted by molar-refractivity contribution is -0.596. The molecule has 6 aromatic rings. The molecule has 3 aliphatic rings. The molecular formula is C40H32N8+4. The number of fused-ring (bicyclic) bond motifs is 8. The Morgan fingerprint density at radius 2 is 0.688 bits per heavy atom. The molecule has 6 aromatic heterocycles. The van der Waals surface area contributed by atoms with Gasteiger partial charge in [-0.25, -0.2) is 9.97 Å². The first-order valence-corrected chi connectivity index (χ1v) is 16.1. The van der Waals surface area contributed by atoms with Gasteiger partial charge in [0.25, 0.3) is 22.7 Å². The van der Waals surface area contributed by atoms with Gasteiger partial charge in [0, 0.05) is 48.5 Å². The Kier molecular flexibility index (Phi) is 6.75. The minimum atomic E-state index is 0.833. The Labute approximate surface area is 277 Å². The highest BCUT2D eigenvalue weighted by molar-refractivity contribution is 5.84. The number of rotatable bonds is 4. The van der Waals surface area contributed by atoms with E-state index in [0.29, 0.717) is 0 Å². The maximum absolute atomic E-state index is 5.33. The van der Waals surface area contributed by atoms with E-state index in [2.05, 4.69) is 139 Å². The van der Waals surface area contributed by atoms with Gasteiger partial charge in [0.15, 0.2) is 49.6 Å². The fourth-order valence-corrected chi connectivity index (χ4v) is 6.73. The third-order valence-corrected chi connectivity index (χ3v) is 8.84.